The summed E-state index contributed by atoms with van der Waals surface area (Å²) in [6.07, 6.45) is 3.41. The van der Waals surface area contributed by atoms with Crippen molar-refractivity contribution in [2.24, 2.45) is 5.92 Å². The highest BCUT2D eigenvalue weighted by Gasteiger charge is 2.23. The number of nitrogens with one attached hydrogen (secondary N) is 1. The third-order valence-corrected chi connectivity index (χ3v) is 3.97. The summed E-state index contributed by atoms with van der Waals surface area (Å²) in [5.41, 5.74) is 1.27. The standard InChI is InChI=1S/C17H26N2O2/c1-19(12-17(20)18-11-15-8-9-15)16(13-21-2)10-14-6-4-3-5-7-14/h3-7,15-16H,8-13H2,1-2H3,(H,18,20)/t16-/m0/s1. The SMILES string of the molecule is COC[C@H](Cc1ccccc1)N(C)CC(=O)NCC1CC1. The summed E-state index contributed by atoms with van der Waals surface area (Å²) in [6.45, 7) is 1.88. The lowest BCUT2D eigenvalue weighted by molar-refractivity contribution is -0.122. The second kappa shape index (κ2) is 8.15. The van der Waals surface area contributed by atoms with Crippen molar-refractivity contribution in [3.63, 3.8) is 0 Å². The molecule has 1 saturated carbocycles. The van der Waals surface area contributed by atoms with E-state index in [0.29, 0.717) is 13.2 Å². The first-order valence-electron chi connectivity index (χ1n) is 7.69. The zero-order valence-corrected chi connectivity index (χ0v) is 13.0. The average Bonchev–Trinajstić information content (AvgIpc) is 3.30. The van der Waals surface area contributed by atoms with Crippen molar-refractivity contribution in [1.82, 2.24) is 10.2 Å². The van der Waals surface area contributed by atoms with Gasteiger partial charge in [0.25, 0.3) is 0 Å². The van der Waals surface area contributed by atoms with Gasteiger partial charge in [-0.05, 0) is 37.8 Å². The monoisotopic (exact) mass is 290 g/mol. The van der Waals surface area contributed by atoms with Gasteiger partial charge in [0.15, 0.2) is 0 Å². The molecule has 1 aliphatic rings. The van der Waals surface area contributed by atoms with E-state index in [2.05, 4.69) is 22.3 Å². The number of ether oxygens (including phenoxy) is 1. The third kappa shape index (κ3) is 5.86. The number of benzene rings is 1. The van der Waals surface area contributed by atoms with E-state index < -0.39 is 0 Å². The number of carbonyl (C=O) groups is 1. The Balaban J connectivity index is 1.82. The maximum atomic E-state index is 12.0. The Bertz CT molecular complexity index is 432. The summed E-state index contributed by atoms with van der Waals surface area (Å²) in [7, 11) is 3.70. The molecule has 0 aromatic heterocycles. The second-order valence-corrected chi connectivity index (χ2v) is 5.96. The molecule has 1 aromatic carbocycles. The van der Waals surface area contributed by atoms with Gasteiger partial charge in [0, 0.05) is 19.7 Å². The molecule has 0 saturated heterocycles. The van der Waals surface area contributed by atoms with Crippen LogP contribution in [0, 0.1) is 5.92 Å². The van der Waals surface area contributed by atoms with Crippen molar-refractivity contribution in [2.75, 3.05) is 33.9 Å². The van der Waals surface area contributed by atoms with Crippen LogP contribution >= 0.6 is 0 Å². The number of amides is 1. The molecule has 1 N–H and O–H groups in total. The predicted octanol–water partition coefficient (Wildman–Crippen LogP) is 1.70. The number of methoxy groups -OCH3 is 1. The van der Waals surface area contributed by atoms with Crippen LogP contribution in [0.3, 0.4) is 0 Å². The molecule has 116 valence electrons. The van der Waals surface area contributed by atoms with Crippen LogP contribution in [0.15, 0.2) is 30.3 Å². The Kier molecular flexibility index (Phi) is 6.21. The number of carbonyl (C=O) groups excluding carboxylic acids is 1. The number of nitrogens with zero attached hydrogens (tertiary/aromatic N) is 1. The molecule has 1 fully saturated rings. The van der Waals surface area contributed by atoms with Gasteiger partial charge in [-0.25, -0.2) is 0 Å². The van der Waals surface area contributed by atoms with E-state index >= 15 is 0 Å². The van der Waals surface area contributed by atoms with E-state index in [1.54, 1.807) is 7.11 Å². The lowest BCUT2D eigenvalue weighted by atomic mass is 10.1. The number of likely N-dealkylation sites (N-methyl/N-ethyl adjacent to an activating group) is 1. The van der Waals surface area contributed by atoms with Crippen LogP contribution in [0.2, 0.25) is 0 Å². The topological polar surface area (TPSA) is 41.6 Å². The summed E-state index contributed by atoms with van der Waals surface area (Å²) in [6, 6.07) is 10.5. The average molecular weight is 290 g/mol. The minimum absolute atomic E-state index is 0.110. The van der Waals surface area contributed by atoms with Gasteiger partial charge >= 0.3 is 0 Å². The highest BCUT2D eigenvalue weighted by atomic mass is 16.5. The highest BCUT2D eigenvalue weighted by molar-refractivity contribution is 5.78. The fourth-order valence-corrected chi connectivity index (χ4v) is 2.41. The Hall–Kier alpha value is -1.39. The first-order chi connectivity index (χ1) is 10.2. The van der Waals surface area contributed by atoms with Crippen molar-refractivity contribution in [2.45, 2.75) is 25.3 Å². The van der Waals surface area contributed by atoms with Crippen LogP contribution in [0.5, 0.6) is 0 Å². The number of rotatable bonds is 9. The van der Waals surface area contributed by atoms with Crippen LogP contribution in [0.1, 0.15) is 18.4 Å². The van der Waals surface area contributed by atoms with Gasteiger partial charge in [0.2, 0.25) is 5.91 Å². The summed E-state index contributed by atoms with van der Waals surface area (Å²) in [4.78, 5) is 14.0. The third-order valence-electron chi connectivity index (χ3n) is 3.97. The maximum absolute atomic E-state index is 12.0. The largest absolute Gasteiger partial charge is 0.383 e. The first-order valence-corrected chi connectivity index (χ1v) is 7.69. The van der Waals surface area contributed by atoms with Gasteiger partial charge in [-0.15, -0.1) is 0 Å². The molecule has 0 unspecified atom stereocenters. The van der Waals surface area contributed by atoms with E-state index in [4.69, 9.17) is 4.74 Å². The van der Waals surface area contributed by atoms with Crippen molar-refractivity contribution in [3.05, 3.63) is 35.9 Å². The van der Waals surface area contributed by atoms with Crippen LogP contribution < -0.4 is 5.32 Å². The van der Waals surface area contributed by atoms with Crippen LogP contribution in [-0.4, -0.2) is 50.7 Å². The molecular formula is C17H26N2O2. The normalized spacial score (nSPS) is 16.0. The lowest BCUT2D eigenvalue weighted by Crippen LogP contribution is -2.44. The molecule has 1 aromatic rings. The highest BCUT2D eigenvalue weighted by Crippen LogP contribution is 2.27. The van der Waals surface area contributed by atoms with Crippen molar-refractivity contribution in [1.29, 1.82) is 0 Å². The van der Waals surface area contributed by atoms with Crippen LogP contribution in [0.25, 0.3) is 0 Å². The van der Waals surface area contributed by atoms with Crippen molar-refractivity contribution in [3.8, 4) is 0 Å². The molecular weight excluding hydrogens is 264 g/mol. The molecule has 2 rings (SSSR count). The Morgan fingerprint density at radius 1 is 1.38 bits per heavy atom. The van der Waals surface area contributed by atoms with Crippen molar-refractivity contribution >= 4 is 5.91 Å². The maximum Gasteiger partial charge on any atom is 0.234 e. The van der Waals surface area contributed by atoms with E-state index in [1.165, 1.54) is 18.4 Å². The lowest BCUT2D eigenvalue weighted by Gasteiger charge is -2.27. The van der Waals surface area contributed by atoms with E-state index in [1.807, 2.05) is 25.2 Å². The first kappa shape index (κ1) is 16.0. The number of hydrogen-bond acceptors (Lipinski definition) is 3. The minimum Gasteiger partial charge on any atom is -0.383 e. The van der Waals surface area contributed by atoms with E-state index in [-0.39, 0.29) is 11.9 Å². The minimum atomic E-state index is 0.110. The van der Waals surface area contributed by atoms with E-state index in [9.17, 15) is 4.79 Å². The molecule has 1 atom stereocenters. The molecule has 4 heteroatoms. The Morgan fingerprint density at radius 3 is 2.71 bits per heavy atom. The second-order valence-electron chi connectivity index (χ2n) is 5.96. The zero-order chi connectivity index (χ0) is 15.1. The summed E-state index contributed by atoms with van der Waals surface area (Å²) in [5.74, 6) is 0.830. The fraction of sp³-hybridized carbons (Fsp3) is 0.588. The van der Waals surface area contributed by atoms with Gasteiger partial charge < -0.3 is 10.1 Å². The van der Waals surface area contributed by atoms with Crippen molar-refractivity contribution < 1.29 is 9.53 Å². The summed E-state index contributed by atoms with van der Waals surface area (Å²) in [5, 5.41) is 3.01. The molecule has 0 spiro atoms. The molecule has 0 bridgehead atoms. The van der Waals surface area contributed by atoms with Gasteiger partial charge in [0.1, 0.15) is 0 Å². The number of hydrogen-bond donors (Lipinski definition) is 1. The smallest absolute Gasteiger partial charge is 0.234 e. The summed E-state index contributed by atoms with van der Waals surface area (Å²) >= 11 is 0. The quantitative estimate of drug-likeness (QED) is 0.753. The molecule has 21 heavy (non-hydrogen) atoms. The Labute approximate surface area is 127 Å². The van der Waals surface area contributed by atoms with Gasteiger partial charge in [0.05, 0.1) is 13.2 Å². The van der Waals surface area contributed by atoms with E-state index in [0.717, 1.165) is 18.9 Å². The molecule has 0 aliphatic heterocycles. The Morgan fingerprint density at radius 2 is 2.10 bits per heavy atom. The van der Waals surface area contributed by atoms with Gasteiger partial charge in [-0.2, -0.15) is 0 Å². The molecule has 0 radical (unpaired) electrons. The van der Waals surface area contributed by atoms with Crippen LogP contribution in [-0.2, 0) is 16.0 Å². The molecule has 1 amide bonds. The molecule has 1 aliphatic carbocycles. The fourth-order valence-electron chi connectivity index (χ4n) is 2.41. The summed E-state index contributed by atoms with van der Waals surface area (Å²) < 4.78 is 5.31. The zero-order valence-electron chi connectivity index (χ0n) is 13.0. The molecule has 4 nitrogen and oxygen atoms in total. The molecule has 0 heterocycles. The van der Waals surface area contributed by atoms with Gasteiger partial charge in [-0.3, -0.25) is 9.69 Å². The van der Waals surface area contributed by atoms with Gasteiger partial charge in [-0.1, -0.05) is 30.3 Å². The van der Waals surface area contributed by atoms with Crippen LogP contribution in [0.4, 0.5) is 0 Å². The predicted molar refractivity (Wildman–Crippen MR) is 84.2 cm³/mol.